The first-order valence-corrected chi connectivity index (χ1v) is 7.69. The van der Waals surface area contributed by atoms with Gasteiger partial charge in [0.05, 0.1) is 6.61 Å². The minimum atomic E-state index is 0.493. The van der Waals surface area contributed by atoms with Crippen molar-refractivity contribution in [3.05, 3.63) is 0 Å². The van der Waals surface area contributed by atoms with Crippen molar-refractivity contribution in [3.63, 3.8) is 0 Å². The first-order valence-electron chi connectivity index (χ1n) is 7.69. The third-order valence-electron chi connectivity index (χ3n) is 2.63. The van der Waals surface area contributed by atoms with Crippen LogP contribution in [0.15, 0.2) is 0 Å². The normalized spacial score (nSPS) is 10.4. The molecule has 19 heavy (non-hydrogen) atoms. The lowest BCUT2D eigenvalue weighted by molar-refractivity contribution is -0.490. The van der Waals surface area contributed by atoms with E-state index in [1.165, 1.54) is 57.8 Å². The van der Waals surface area contributed by atoms with Crippen LogP contribution in [0.25, 0.3) is 0 Å². The summed E-state index contributed by atoms with van der Waals surface area (Å²) in [5, 5.41) is 11.4. The Labute approximate surface area is 119 Å². The molecular weight excluding hydrogens is 242 g/mol. The van der Waals surface area contributed by atoms with Gasteiger partial charge in [-0.2, -0.15) is 0 Å². The summed E-state index contributed by atoms with van der Waals surface area (Å²) in [5.74, 6) is 0. The third-order valence-corrected chi connectivity index (χ3v) is 2.63. The summed E-state index contributed by atoms with van der Waals surface area (Å²) in [5.41, 5.74) is 0. The Balaban J connectivity index is 0. The Morgan fingerprint density at radius 3 is 1.47 bits per heavy atom. The SMILES string of the molecule is CCCCCCCCCCCCOOO.CN(C)C. The predicted octanol–water partition coefficient (Wildman–Crippen LogP) is 4.51. The van der Waals surface area contributed by atoms with E-state index in [0.717, 1.165) is 6.42 Å². The fraction of sp³-hybridized carbons (Fsp3) is 1.00. The van der Waals surface area contributed by atoms with Crippen molar-refractivity contribution in [2.45, 2.75) is 71.1 Å². The maximum atomic E-state index is 7.89. The molecule has 0 aromatic carbocycles. The smallest absolute Gasteiger partial charge is 0.0853 e. The van der Waals surface area contributed by atoms with Crippen molar-refractivity contribution < 1.29 is 15.2 Å². The van der Waals surface area contributed by atoms with Gasteiger partial charge in [-0.1, -0.05) is 69.7 Å². The lowest BCUT2D eigenvalue weighted by Gasteiger charge is -2.01. The number of hydrogen-bond donors (Lipinski definition) is 1. The molecule has 0 radical (unpaired) electrons. The molecule has 0 aliphatic carbocycles. The molecule has 0 fully saturated rings. The molecule has 0 aromatic rings. The monoisotopic (exact) mass is 277 g/mol. The maximum Gasteiger partial charge on any atom is 0.0853 e. The third kappa shape index (κ3) is 31.9. The number of nitrogens with zero attached hydrogens (tertiary/aromatic N) is 1. The summed E-state index contributed by atoms with van der Waals surface area (Å²) in [6.07, 6.45) is 13.0. The molecule has 0 saturated heterocycles. The van der Waals surface area contributed by atoms with Crippen LogP contribution in [0.1, 0.15) is 71.1 Å². The Kier molecular flexibility index (Phi) is 22.4. The molecular formula is C15H35NO3. The van der Waals surface area contributed by atoms with E-state index < -0.39 is 0 Å². The van der Waals surface area contributed by atoms with Gasteiger partial charge in [-0.15, -0.1) is 0 Å². The molecule has 0 rings (SSSR count). The molecule has 0 aliphatic heterocycles. The van der Waals surface area contributed by atoms with Crippen molar-refractivity contribution in [2.75, 3.05) is 27.7 Å². The van der Waals surface area contributed by atoms with Crippen molar-refractivity contribution in [1.82, 2.24) is 4.90 Å². The second-order valence-corrected chi connectivity index (χ2v) is 5.42. The van der Waals surface area contributed by atoms with Crippen molar-refractivity contribution in [1.29, 1.82) is 0 Å². The highest BCUT2D eigenvalue weighted by molar-refractivity contribution is 4.46. The van der Waals surface area contributed by atoms with Gasteiger partial charge >= 0.3 is 0 Å². The van der Waals surface area contributed by atoms with Crippen LogP contribution in [-0.2, 0) is 9.93 Å². The fourth-order valence-corrected chi connectivity index (χ4v) is 1.69. The van der Waals surface area contributed by atoms with Gasteiger partial charge in [0, 0.05) is 0 Å². The fourth-order valence-electron chi connectivity index (χ4n) is 1.69. The van der Waals surface area contributed by atoms with Crippen LogP contribution in [0.3, 0.4) is 0 Å². The van der Waals surface area contributed by atoms with Crippen molar-refractivity contribution >= 4 is 0 Å². The molecule has 0 amide bonds. The lowest BCUT2D eigenvalue weighted by Crippen LogP contribution is -1.99. The first kappa shape index (κ1) is 21.1. The standard InChI is InChI=1S/C12H26O3.C3H9N/c1-2-3-4-5-6-7-8-9-10-11-12-14-15-13;1-4(2)3/h13H,2-12H2,1H3;1-3H3. The van der Waals surface area contributed by atoms with Gasteiger partial charge < -0.3 is 4.90 Å². The molecule has 4 nitrogen and oxygen atoms in total. The van der Waals surface area contributed by atoms with Crippen molar-refractivity contribution in [3.8, 4) is 0 Å². The summed E-state index contributed by atoms with van der Waals surface area (Å²) in [7, 11) is 6.00. The van der Waals surface area contributed by atoms with E-state index in [1.54, 1.807) is 0 Å². The highest BCUT2D eigenvalue weighted by Gasteiger charge is 1.92. The summed E-state index contributed by atoms with van der Waals surface area (Å²) in [6, 6.07) is 0. The molecule has 0 atom stereocenters. The summed E-state index contributed by atoms with van der Waals surface area (Å²) >= 11 is 0. The van der Waals surface area contributed by atoms with Crippen molar-refractivity contribution in [2.24, 2.45) is 0 Å². The quantitative estimate of drug-likeness (QED) is 0.324. The minimum absolute atomic E-state index is 0.493. The van der Waals surface area contributed by atoms with E-state index in [0.29, 0.717) is 6.61 Å². The van der Waals surface area contributed by atoms with E-state index in [9.17, 15) is 0 Å². The Morgan fingerprint density at radius 2 is 1.11 bits per heavy atom. The van der Waals surface area contributed by atoms with Crippen LogP contribution in [0.4, 0.5) is 0 Å². The number of unbranched alkanes of at least 4 members (excludes halogenated alkanes) is 9. The van der Waals surface area contributed by atoms with Gasteiger partial charge in [0.15, 0.2) is 0 Å². The van der Waals surface area contributed by atoms with Crippen LogP contribution < -0.4 is 0 Å². The Hall–Kier alpha value is -0.160. The van der Waals surface area contributed by atoms with Crippen LogP contribution in [0, 0.1) is 0 Å². The summed E-state index contributed by atoms with van der Waals surface area (Å²) in [6.45, 7) is 2.74. The molecule has 0 saturated carbocycles. The van der Waals surface area contributed by atoms with E-state index in [4.69, 9.17) is 5.26 Å². The van der Waals surface area contributed by atoms with Gasteiger partial charge in [0.2, 0.25) is 0 Å². The molecule has 4 heteroatoms. The Morgan fingerprint density at radius 1 is 0.737 bits per heavy atom. The lowest BCUT2D eigenvalue weighted by atomic mass is 10.1. The second-order valence-electron chi connectivity index (χ2n) is 5.42. The van der Waals surface area contributed by atoms with E-state index in [-0.39, 0.29) is 0 Å². The zero-order valence-electron chi connectivity index (χ0n) is 13.5. The first-order chi connectivity index (χ1) is 9.15. The molecule has 0 aliphatic rings. The molecule has 0 unspecified atom stereocenters. The molecule has 0 heterocycles. The van der Waals surface area contributed by atoms with Gasteiger partial charge in [0.25, 0.3) is 0 Å². The highest BCUT2D eigenvalue weighted by atomic mass is 17.5. The average molecular weight is 277 g/mol. The molecule has 118 valence electrons. The Bertz CT molecular complexity index is 129. The summed E-state index contributed by atoms with van der Waals surface area (Å²) < 4.78 is 0. The van der Waals surface area contributed by atoms with Crippen LogP contribution in [-0.4, -0.2) is 37.9 Å². The molecule has 0 aromatic heterocycles. The van der Waals surface area contributed by atoms with Gasteiger partial charge in [-0.25, -0.2) is 10.1 Å². The molecule has 0 spiro atoms. The second kappa shape index (κ2) is 20.2. The van der Waals surface area contributed by atoms with E-state index in [1.807, 2.05) is 26.0 Å². The van der Waals surface area contributed by atoms with Crippen LogP contribution in [0.2, 0.25) is 0 Å². The largest absolute Gasteiger partial charge is 0.312 e. The van der Waals surface area contributed by atoms with Crippen LogP contribution in [0.5, 0.6) is 0 Å². The van der Waals surface area contributed by atoms with Gasteiger partial charge in [-0.05, 0) is 27.6 Å². The average Bonchev–Trinajstić information content (AvgIpc) is 2.35. The topological polar surface area (TPSA) is 41.9 Å². The zero-order chi connectivity index (χ0) is 14.8. The van der Waals surface area contributed by atoms with Gasteiger partial charge in [0.1, 0.15) is 0 Å². The minimum Gasteiger partial charge on any atom is -0.312 e. The highest BCUT2D eigenvalue weighted by Crippen LogP contribution is 2.10. The number of hydrogen-bond acceptors (Lipinski definition) is 4. The molecule has 1 N–H and O–H groups in total. The van der Waals surface area contributed by atoms with Gasteiger partial charge in [-0.3, -0.25) is 0 Å². The summed E-state index contributed by atoms with van der Waals surface area (Å²) in [4.78, 5) is 6.36. The predicted molar refractivity (Wildman–Crippen MR) is 81.1 cm³/mol. The molecule has 0 bridgehead atoms. The number of rotatable bonds is 12. The van der Waals surface area contributed by atoms with E-state index >= 15 is 0 Å². The maximum absolute atomic E-state index is 7.89. The zero-order valence-corrected chi connectivity index (χ0v) is 13.5. The van der Waals surface area contributed by atoms with Crippen LogP contribution >= 0.6 is 0 Å². The van der Waals surface area contributed by atoms with E-state index in [2.05, 4.69) is 16.8 Å².